The van der Waals surface area contributed by atoms with Crippen LogP contribution in [0.25, 0.3) is 6.08 Å². The molecule has 2 amide bonds. The molecule has 0 saturated carbocycles. The number of carbonyl (C=O) groups excluding carboxylic acids is 2. The highest BCUT2D eigenvalue weighted by Crippen LogP contribution is 2.23. The van der Waals surface area contributed by atoms with E-state index >= 15 is 0 Å². The lowest BCUT2D eigenvalue weighted by Gasteiger charge is -2.10. The normalized spacial score (nSPS) is 11.3. The molecule has 0 aliphatic heterocycles. The van der Waals surface area contributed by atoms with E-state index in [1.165, 1.54) is 24.7 Å². The summed E-state index contributed by atoms with van der Waals surface area (Å²) in [7, 11) is 3.08. The molecule has 0 spiro atoms. The maximum absolute atomic E-state index is 12.8. The molecule has 0 radical (unpaired) electrons. The average molecular weight is 470 g/mol. The predicted molar refractivity (Wildman–Crippen MR) is 126 cm³/mol. The summed E-state index contributed by atoms with van der Waals surface area (Å²) in [5.41, 5.74) is 3.34. The van der Waals surface area contributed by atoms with E-state index in [1.807, 2.05) is 17.5 Å². The van der Waals surface area contributed by atoms with Gasteiger partial charge in [-0.2, -0.15) is 5.10 Å². The second kappa shape index (κ2) is 11.1. The molecule has 3 aromatic rings. The number of hydrogen-bond donors (Lipinski definition) is 2. The average Bonchev–Trinajstić information content (AvgIpc) is 3.32. The second-order valence-corrected chi connectivity index (χ2v) is 7.70. The van der Waals surface area contributed by atoms with Gasteiger partial charge in [-0.25, -0.2) is 5.43 Å². The number of halogens is 1. The molecular formula is C23H20ClN3O4S. The van der Waals surface area contributed by atoms with Crippen LogP contribution < -0.4 is 20.2 Å². The quantitative estimate of drug-likeness (QED) is 0.292. The number of rotatable bonds is 8. The zero-order valence-corrected chi connectivity index (χ0v) is 18.9. The third-order valence-electron chi connectivity index (χ3n) is 4.25. The number of thiophene rings is 1. The van der Waals surface area contributed by atoms with Gasteiger partial charge >= 0.3 is 0 Å². The molecule has 0 bridgehead atoms. The summed E-state index contributed by atoms with van der Waals surface area (Å²) in [5.74, 6) is 0.0621. The van der Waals surface area contributed by atoms with Crippen molar-refractivity contribution in [2.24, 2.45) is 5.10 Å². The topological polar surface area (TPSA) is 89.0 Å². The molecule has 2 N–H and O–H groups in total. The number of carbonyl (C=O) groups is 2. The maximum Gasteiger partial charge on any atom is 0.287 e. The highest BCUT2D eigenvalue weighted by atomic mass is 35.5. The van der Waals surface area contributed by atoms with Crippen molar-refractivity contribution < 1.29 is 19.1 Å². The molecular weight excluding hydrogens is 450 g/mol. The van der Waals surface area contributed by atoms with Crippen molar-refractivity contribution in [3.8, 4) is 11.5 Å². The Morgan fingerprint density at radius 1 is 1.06 bits per heavy atom. The van der Waals surface area contributed by atoms with E-state index < -0.39 is 11.8 Å². The fraction of sp³-hybridized carbons (Fsp3) is 0.0870. The first kappa shape index (κ1) is 23.1. The van der Waals surface area contributed by atoms with Crippen molar-refractivity contribution in [1.29, 1.82) is 0 Å². The van der Waals surface area contributed by atoms with Crippen LogP contribution in [0.3, 0.4) is 0 Å². The fourth-order valence-corrected chi connectivity index (χ4v) is 3.53. The van der Waals surface area contributed by atoms with Crippen molar-refractivity contribution in [1.82, 2.24) is 10.7 Å². The molecule has 0 fully saturated rings. The summed E-state index contributed by atoms with van der Waals surface area (Å²) in [5, 5.41) is 8.76. The Balaban J connectivity index is 1.78. The van der Waals surface area contributed by atoms with Crippen LogP contribution in [0.15, 0.2) is 70.8 Å². The minimum atomic E-state index is -0.595. The van der Waals surface area contributed by atoms with E-state index in [2.05, 4.69) is 15.8 Å². The van der Waals surface area contributed by atoms with E-state index in [1.54, 1.807) is 55.7 Å². The number of nitrogens with zero attached hydrogens (tertiary/aromatic N) is 1. The summed E-state index contributed by atoms with van der Waals surface area (Å²) in [6.07, 6.45) is 3.01. The van der Waals surface area contributed by atoms with Crippen molar-refractivity contribution in [3.05, 3.63) is 86.7 Å². The van der Waals surface area contributed by atoms with E-state index in [0.29, 0.717) is 17.1 Å². The zero-order valence-electron chi connectivity index (χ0n) is 17.3. The van der Waals surface area contributed by atoms with Gasteiger partial charge in [-0.3, -0.25) is 9.59 Å². The highest BCUT2D eigenvalue weighted by molar-refractivity contribution is 7.10. The van der Waals surface area contributed by atoms with Crippen molar-refractivity contribution in [2.45, 2.75) is 0 Å². The molecule has 1 heterocycles. The molecule has 1 aromatic heterocycles. The number of nitrogens with one attached hydrogen (secondary N) is 2. The number of hydrazone groups is 1. The van der Waals surface area contributed by atoms with E-state index in [-0.39, 0.29) is 16.3 Å². The Labute approximate surface area is 194 Å². The summed E-state index contributed by atoms with van der Waals surface area (Å²) in [6, 6.07) is 15.5. The lowest BCUT2D eigenvalue weighted by molar-refractivity contribution is -0.117. The van der Waals surface area contributed by atoms with Gasteiger partial charge in [0.2, 0.25) is 0 Å². The molecule has 7 nitrogen and oxygen atoms in total. The molecule has 0 aliphatic carbocycles. The molecule has 0 unspecified atom stereocenters. The third kappa shape index (κ3) is 5.96. The molecule has 3 rings (SSSR count). The summed E-state index contributed by atoms with van der Waals surface area (Å²) >= 11 is 7.53. The molecule has 2 aromatic carbocycles. The van der Waals surface area contributed by atoms with Crippen molar-refractivity contribution in [3.63, 3.8) is 0 Å². The SMILES string of the molecule is COc1ccc(C=NNC(=O)C(=Cc2cccs2)NC(=O)c2ccccc2Cl)c(OC)c1. The van der Waals surface area contributed by atoms with Gasteiger partial charge in [0.1, 0.15) is 17.2 Å². The molecule has 164 valence electrons. The predicted octanol–water partition coefficient (Wildman–Crippen LogP) is 4.34. The van der Waals surface area contributed by atoms with Crippen LogP contribution in [-0.2, 0) is 4.79 Å². The highest BCUT2D eigenvalue weighted by Gasteiger charge is 2.16. The Hall–Kier alpha value is -3.62. The van der Waals surface area contributed by atoms with Gasteiger partial charge in [-0.15, -0.1) is 11.3 Å². The van der Waals surface area contributed by atoms with Crippen LogP contribution in [0.4, 0.5) is 0 Å². The standard InChI is InChI=1S/C23H20ClN3O4S/c1-30-16-10-9-15(21(12-16)31-2)14-25-27-23(29)20(13-17-6-5-11-32-17)26-22(28)18-7-3-4-8-19(18)24/h3-14H,1-2H3,(H,26,28)(H,27,29). The van der Waals surface area contributed by atoms with E-state index in [0.717, 1.165) is 4.88 Å². The van der Waals surface area contributed by atoms with Gasteiger partial charge in [0.15, 0.2) is 0 Å². The number of hydrogen-bond acceptors (Lipinski definition) is 6. The van der Waals surface area contributed by atoms with E-state index in [9.17, 15) is 9.59 Å². The minimum absolute atomic E-state index is 0.0243. The molecule has 32 heavy (non-hydrogen) atoms. The molecule has 0 atom stereocenters. The number of amides is 2. The van der Waals surface area contributed by atoms with Gasteiger partial charge in [0.25, 0.3) is 11.8 Å². The first-order valence-electron chi connectivity index (χ1n) is 9.38. The Morgan fingerprint density at radius 2 is 1.88 bits per heavy atom. The first-order chi connectivity index (χ1) is 15.5. The molecule has 0 saturated heterocycles. The zero-order chi connectivity index (χ0) is 22.9. The van der Waals surface area contributed by atoms with Crippen molar-refractivity contribution in [2.75, 3.05) is 14.2 Å². The van der Waals surface area contributed by atoms with Gasteiger partial charge in [0, 0.05) is 16.5 Å². The molecule has 9 heteroatoms. The number of benzene rings is 2. The van der Waals surface area contributed by atoms with Gasteiger partial charge in [-0.1, -0.05) is 29.8 Å². The van der Waals surface area contributed by atoms with Gasteiger partial charge in [0.05, 0.1) is 31.0 Å². The van der Waals surface area contributed by atoms with Gasteiger partial charge in [-0.05, 0) is 41.8 Å². The van der Waals surface area contributed by atoms with Crippen LogP contribution >= 0.6 is 22.9 Å². The smallest absolute Gasteiger partial charge is 0.287 e. The second-order valence-electron chi connectivity index (χ2n) is 6.31. The lowest BCUT2D eigenvalue weighted by Crippen LogP contribution is -2.33. The lowest BCUT2D eigenvalue weighted by atomic mass is 10.2. The number of ether oxygens (including phenoxy) is 2. The fourth-order valence-electron chi connectivity index (χ4n) is 2.65. The van der Waals surface area contributed by atoms with Crippen molar-refractivity contribution >= 4 is 47.0 Å². The largest absolute Gasteiger partial charge is 0.497 e. The van der Waals surface area contributed by atoms with Gasteiger partial charge < -0.3 is 14.8 Å². The monoisotopic (exact) mass is 469 g/mol. The van der Waals surface area contributed by atoms with Crippen LogP contribution in [0.1, 0.15) is 20.8 Å². The Kier molecular flexibility index (Phi) is 8.02. The number of methoxy groups -OCH3 is 2. The summed E-state index contributed by atoms with van der Waals surface area (Å²) in [4.78, 5) is 26.2. The van der Waals surface area contributed by atoms with Crippen LogP contribution in [0.2, 0.25) is 5.02 Å². The van der Waals surface area contributed by atoms with Crippen LogP contribution in [0, 0.1) is 0 Å². The minimum Gasteiger partial charge on any atom is -0.497 e. The molecule has 0 aliphatic rings. The first-order valence-corrected chi connectivity index (χ1v) is 10.6. The third-order valence-corrected chi connectivity index (χ3v) is 5.40. The van der Waals surface area contributed by atoms with Crippen LogP contribution in [0.5, 0.6) is 11.5 Å². The summed E-state index contributed by atoms with van der Waals surface area (Å²) < 4.78 is 10.5. The van der Waals surface area contributed by atoms with Crippen LogP contribution in [-0.4, -0.2) is 32.2 Å². The Bertz CT molecular complexity index is 1160. The maximum atomic E-state index is 12.8. The Morgan fingerprint density at radius 3 is 2.56 bits per heavy atom. The van der Waals surface area contributed by atoms with E-state index in [4.69, 9.17) is 21.1 Å². The summed E-state index contributed by atoms with van der Waals surface area (Å²) in [6.45, 7) is 0.